The summed E-state index contributed by atoms with van der Waals surface area (Å²) < 4.78 is 4.70. The Labute approximate surface area is 119 Å². The van der Waals surface area contributed by atoms with Crippen molar-refractivity contribution in [2.24, 2.45) is 0 Å². The lowest BCUT2D eigenvalue weighted by molar-refractivity contribution is -0.111. The minimum atomic E-state index is -0.516. The summed E-state index contributed by atoms with van der Waals surface area (Å²) in [7, 11) is 1.28. The van der Waals surface area contributed by atoms with Crippen LogP contribution in [-0.4, -0.2) is 29.0 Å². The number of aromatic nitrogens is 2. The van der Waals surface area contributed by atoms with E-state index in [1.54, 1.807) is 18.5 Å². The molecule has 2 aromatic heterocycles. The third-order valence-electron chi connectivity index (χ3n) is 2.39. The van der Waals surface area contributed by atoms with Crippen molar-refractivity contribution in [2.75, 3.05) is 12.4 Å². The van der Waals surface area contributed by atoms with Crippen LogP contribution in [0.5, 0.6) is 0 Å². The second-order valence-corrected chi connectivity index (χ2v) is 4.72. The number of thiophene rings is 1. The van der Waals surface area contributed by atoms with Crippen molar-refractivity contribution >= 4 is 28.9 Å². The van der Waals surface area contributed by atoms with Gasteiger partial charge in [-0.05, 0) is 12.1 Å². The Hall–Kier alpha value is -2.54. The lowest BCUT2D eigenvalue weighted by atomic mass is 10.2. The number of carbonyl (C=O) groups is 2. The number of rotatable bonds is 4. The standard InChI is InChI=1S/C13H11N3O3S/c1-3-11(17)16-9-4-10(8-5-14-7-15-6-8)20-12(9)13(18)19-2/h3-7H,1H2,2H3,(H,16,17). The number of carbonyl (C=O) groups excluding carboxylic acids is 2. The van der Waals surface area contributed by atoms with Gasteiger partial charge in [-0.15, -0.1) is 11.3 Å². The van der Waals surface area contributed by atoms with Crippen LogP contribution in [0.2, 0.25) is 0 Å². The smallest absolute Gasteiger partial charge is 0.350 e. The van der Waals surface area contributed by atoms with Gasteiger partial charge < -0.3 is 10.1 Å². The van der Waals surface area contributed by atoms with Crippen molar-refractivity contribution in [1.29, 1.82) is 0 Å². The first kappa shape index (κ1) is 13.9. The maximum Gasteiger partial charge on any atom is 0.350 e. The Morgan fingerprint density at radius 3 is 2.70 bits per heavy atom. The van der Waals surface area contributed by atoms with Crippen LogP contribution in [0.25, 0.3) is 10.4 Å². The van der Waals surface area contributed by atoms with E-state index in [1.165, 1.54) is 24.8 Å². The van der Waals surface area contributed by atoms with Gasteiger partial charge in [0.15, 0.2) is 0 Å². The second kappa shape index (κ2) is 6.07. The first-order valence-corrected chi connectivity index (χ1v) is 6.38. The van der Waals surface area contributed by atoms with Crippen LogP contribution in [0.4, 0.5) is 5.69 Å². The first-order valence-electron chi connectivity index (χ1n) is 5.56. The lowest BCUT2D eigenvalue weighted by Crippen LogP contribution is -2.10. The van der Waals surface area contributed by atoms with Gasteiger partial charge in [0, 0.05) is 22.8 Å². The SMILES string of the molecule is C=CC(=O)Nc1cc(-c2cncnc2)sc1C(=O)OC. The molecule has 0 aliphatic heterocycles. The molecule has 0 unspecified atom stereocenters. The van der Waals surface area contributed by atoms with Gasteiger partial charge in [-0.2, -0.15) is 0 Å². The summed E-state index contributed by atoms with van der Waals surface area (Å²) in [5, 5.41) is 2.58. The molecule has 20 heavy (non-hydrogen) atoms. The number of nitrogens with zero attached hydrogens (tertiary/aromatic N) is 2. The van der Waals surface area contributed by atoms with Crippen molar-refractivity contribution < 1.29 is 14.3 Å². The minimum absolute atomic E-state index is 0.307. The highest BCUT2D eigenvalue weighted by Gasteiger charge is 2.18. The molecule has 0 saturated heterocycles. The Bertz CT molecular complexity index is 652. The number of hydrogen-bond donors (Lipinski definition) is 1. The normalized spacial score (nSPS) is 9.85. The molecular formula is C13H11N3O3S. The van der Waals surface area contributed by atoms with Crippen molar-refractivity contribution in [3.63, 3.8) is 0 Å². The van der Waals surface area contributed by atoms with E-state index in [1.807, 2.05) is 0 Å². The van der Waals surface area contributed by atoms with E-state index in [-0.39, 0.29) is 0 Å². The second-order valence-electron chi connectivity index (χ2n) is 3.67. The van der Waals surface area contributed by atoms with E-state index < -0.39 is 11.9 Å². The fourth-order valence-corrected chi connectivity index (χ4v) is 2.49. The van der Waals surface area contributed by atoms with Crippen molar-refractivity contribution in [2.45, 2.75) is 0 Å². The molecular weight excluding hydrogens is 278 g/mol. The molecule has 2 heterocycles. The Kier molecular flexibility index (Phi) is 4.21. The molecule has 0 bridgehead atoms. The highest BCUT2D eigenvalue weighted by atomic mass is 32.1. The third-order valence-corrected chi connectivity index (χ3v) is 3.56. The van der Waals surface area contributed by atoms with Crippen LogP contribution in [0, 0.1) is 0 Å². The van der Waals surface area contributed by atoms with Gasteiger partial charge in [0.05, 0.1) is 12.8 Å². The summed E-state index contributed by atoms with van der Waals surface area (Å²) in [6.07, 6.45) is 5.79. The summed E-state index contributed by atoms with van der Waals surface area (Å²) in [6.45, 7) is 3.37. The van der Waals surface area contributed by atoms with E-state index in [0.29, 0.717) is 10.6 Å². The van der Waals surface area contributed by atoms with Crippen LogP contribution < -0.4 is 5.32 Å². The molecule has 6 nitrogen and oxygen atoms in total. The maximum atomic E-state index is 11.7. The largest absolute Gasteiger partial charge is 0.465 e. The number of esters is 1. The molecule has 0 saturated carbocycles. The highest BCUT2D eigenvalue weighted by molar-refractivity contribution is 7.18. The van der Waals surface area contributed by atoms with Crippen molar-refractivity contribution in [1.82, 2.24) is 9.97 Å². The van der Waals surface area contributed by atoms with E-state index >= 15 is 0 Å². The van der Waals surface area contributed by atoms with E-state index in [9.17, 15) is 9.59 Å². The summed E-state index contributed by atoms with van der Waals surface area (Å²) in [4.78, 5) is 32.0. The maximum absolute atomic E-state index is 11.7. The average Bonchev–Trinajstić information content (AvgIpc) is 2.91. The zero-order valence-electron chi connectivity index (χ0n) is 10.6. The van der Waals surface area contributed by atoms with Crippen LogP contribution in [0.3, 0.4) is 0 Å². The molecule has 2 rings (SSSR count). The van der Waals surface area contributed by atoms with Crippen molar-refractivity contribution in [3.05, 3.63) is 42.3 Å². The number of ether oxygens (including phenoxy) is 1. The zero-order valence-corrected chi connectivity index (χ0v) is 11.4. The van der Waals surface area contributed by atoms with Crippen molar-refractivity contribution in [3.8, 4) is 10.4 Å². The summed E-state index contributed by atoms with van der Waals surface area (Å²) in [5.41, 5.74) is 1.13. The molecule has 0 radical (unpaired) electrons. The number of methoxy groups -OCH3 is 1. The molecule has 1 amide bonds. The van der Waals surface area contributed by atoms with Gasteiger partial charge in [0.25, 0.3) is 0 Å². The van der Waals surface area contributed by atoms with Gasteiger partial charge in [-0.3, -0.25) is 4.79 Å². The summed E-state index contributed by atoms with van der Waals surface area (Å²) in [5.74, 6) is -0.915. The Morgan fingerprint density at radius 1 is 1.40 bits per heavy atom. The highest BCUT2D eigenvalue weighted by Crippen LogP contribution is 2.34. The predicted molar refractivity (Wildman–Crippen MR) is 75.5 cm³/mol. The van der Waals surface area contributed by atoms with Gasteiger partial charge in [0.1, 0.15) is 11.2 Å². The predicted octanol–water partition coefficient (Wildman–Crippen LogP) is 2.12. The zero-order chi connectivity index (χ0) is 14.5. The molecule has 0 fully saturated rings. The Morgan fingerprint density at radius 2 is 2.10 bits per heavy atom. The lowest BCUT2D eigenvalue weighted by Gasteiger charge is -2.01. The molecule has 1 N–H and O–H groups in total. The van der Waals surface area contributed by atoms with E-state index in [0.717, 1.165) is 16.5 Å². The van der Waals surface area contributed by atoms with Gasteiger partial charge in [-0.1, -0.05) is 6.58 Å². The number of nitrogens with one attached hydrogen (secondary N) is 1. The molecule has 7 heteroatoms. The summed E-state index contributed by atoms with van der Waals surface area (Å²) >= 11 is 1.19. The molecule has 102 valence electrons. The number of amides is 1. The minimum Gasteiger partial charge on any atom is -0.465 e. The molecule has 0 aromatic carbocycles. The fourth-order valence-electron chi connectivity index (χ4n) is 1.48. The molecule has 2 aromatic rings. The first-order chi connectivity index (χ1) is 9.65. The van der Waals surface area contributed by atoms with E-state index in [2.05, 4.69) is 21.9 Å². The van der Waals surface area contributed by atoms with E-state index in [4.69, 9.17) is 4.74 Å². The van der Waals surface area contributed by atoms with Gasteiger partial charge in [0.2, 0.25) is 5.91 Å². The monoisotopic (exact) mass is 289 g/mol. The average molecular weight is 289 g/mol. The molecule has 0 aliphatic rings. The fraction of sp³-hybridized carbons (Fsp3) is 0.0769. The summed E-state index contributed by atoms with van der Waals surface area (Å²) in [6, 6.07) is 1.68. The van der Waals surface area contributed by atoms with Crippen LogP contribution >= 0.6 is 11.3 Å². The number of hydrogen-bond acceptors (Lipinski definition) is 6. The van der Waals surface area contributed by atoms with Crippen LogP contribution in [-0.2, 0) is 9.53 Å². The number of anilines is 1. The Balaban J connectivity index is 2.44. The molecule has 0 atom stereocenters. The topological polar surface area (TPSA) is 81.2 Å². The third kappa shape index (κ3) is 2.89. The van der Waals surface area contributed by atoms with Gasteiger partial charge >= 0.3 is 5.97 Å². The van der Waals surface area contributed by atoms with Crippen LogP contribution in [0.1, 0.15) is 9.67 Å². The quantitative estimate of drug-likeness (QED) is 0.688. The van der Waals surface area contributed by atoms with Gasteiger partial charge in [-0.25, -0.2) is 14.8 Å². The molecule has 0 aliphatic carbocycles. The molecule has 0 spiro atoms. The van der Waals surface area contributed by atoms with Crippen LogP contribution in [0.15, 0.2) is 37.4 Å².